The lowest BCUT2D eigenvalue weighted by Gasteiger charge is -2.29. The van der Waals surface area contributed by atoms with Gasteiger partial charge in [-0.2, -0.15) is 0 Å². The highest BCUT2D eigenvalue weighted by Crippen LogP contribution is 2.15. The molecular weight excluding hydrogens is 528 g/mol. The van der Waals surface area contributed by atoms with E-state index in [2.05, 4.69) is 84.9 Å². The molecule has 212 valence electrons. The molecule has 38 heavy (non-hydrogen) atoms. The van der Waals surface area contributed by atoms with Crippen LogP contribution in [0, 0.1) is 0 Å². The van der Waals surface area contributed by atoms with Crippen LogP contribution in [0.15, 0.2) is 73.1 Å². The van der Waals surface area contributed by atoms with E-state index >= 15 is 0 Å². The molecule has 1 heterocycles. The fraction of sp³-hybridized carbons (Fsp3) is 0.600. The van der Waals surface area contributed by atoms with Crippen molar-refractivity contribution >= 4 is 0 Å². The number of hydrogen-bond acceptors (Lipinski definition) is 1. The van der Waals surface area contributed by atoms with E-state index in [0.717, 1.165) is 13.0 Å². The maximum Gasteiger partial charge on any atom is 0.171 e. The second-order valence-corrected chi connectivity index (χ2v) is 11.3. The molecule has 1 aliphatic heterocycles. The average molecular weight is 584 g/mol. The molecule has 2 aromatic carbocycles. The summed E-state index contributed by atoms with van der Waals surface area (Å²) < 4.78 is 0. The number of benzene rings is 2. The van der Waals surface area contributed by atoms with Crippen molar-refractivity contribution in [2.45, 2.75) is 129 Å². The minimum Gasteiger partial charge on any atom is -1.00 e. The Morgan fingerprint density at radius 1 is 0.579 bits per heavy atom. The highest BCUT2D eigenvalue weighted by molar-refractivity contribution is 5.17. The quantitative estimate of drug-likeness (QED) is 0.186. The van der Waals surface area contributed by atoms with E-state index in [4.69, 9.17) is 0 Å². The van der Waals surface area contributed by atoms with Crippen LogP contribution < -0.4 is 21.9 Å². The number of nitrogens with one attached hydrogen (secondary N) is 1. The minimum absolute atomic E-state index is 0. The molecule has 0 spiro atoms. The molecule has 2 nitrogen and oxygen atoms in total. The molecule has 0 fully saturated rings. The summed E-state index contributed by atoms with van der Waals surface area (Å²) >= 11 is 0. The highest BCUT2D eigenvalue weighted by atomic mass is 79.9. The summed E-state index contributed by atoms with van der Waals surface area (Å²) in [5.41, 5.74) is 2.84. The van der Waals surface area contributed by atoms with Crippen molar-refractivity contribution in [3.63, 3.8) is 0 Å². The van der Waals surface area contributed by atoms with Crippen molar-refractivity contribution in [3.05, 3.63) is 84.2 Å². The average Bonchev–Trinajstić information content (AvgIpc) is 3.30. The molecule has 2 atom stereocenters. The molecule has 2 unspecified atom stereocenters. The summed E-state index contributed by atoms with van der Waals surface area (Å²) in [5, 5.41) is 0. The normalized spacial score (nSPS) is 16.6. The maximum atomic E-state index is 2.56. The van der Waals surface area contributed by atoms with E-state index in [1.54, 1.807) is 4.90 Å². The summed E-state index contributed by atoms with van der Waals surface area (Å²) in [6.45, 7) is 4.55. The number of hydrogen-bond donors (Lipinski definition) is 1. The van der Waals surface area contributed by atoms with Gasteiger partial charge in [-0.1, -0.05) is 157 Å². The van der Waals surface area contributed by atoms with E-state index in [1.807, 2.05) is 0 Å². The van der Waals surface area contributed by atoms with Gasteiger partial charge in [-0.05, 0) is 24.0 Å². The molecule has 0 radical (unpaired) electrons. The minimum atomic E-state index is 0. The zero-order valence-corrected chi connectivity index (χ0v) is 25.9. The van der Waals surface area contributed by atoms with Gasteiger partial charge in [0.05, 0.1) is 12.7 Å². The Kier molecular flexibility index (Phi) is 18.3. The zero-order valence-electron chi connectivity index (χ0n) is 24.3. The molecular formula is C35H55BrN2. The van der Waals surface area contributed by atoms with Crippen molar-refractivity contribution < 1.29 is 21.9 Å². The van der Waals surface area contributed by atoms with Gasteiger partial charge in [0.25, 0.3) is 0 Å². The lowest BCUT2D eigenvalue weighted by Crippen LogP contribution is -3.11. The van der Waals surface area contributed by atoms with Gasteiger partial charge >= 0.3 is 0 Å². The summed E-state index contributed by atoms with van der Waals surface area (Å²) in [5.74, 6) is 0. The molecule has 1 N–H and O–H groups in total. The lowest BCUT2D eigenvalue weighted by molar-refractivity contribution is -0.878. The van der Waals surface area contributed by atoms with Crippen LogP contribution >= 0.6 is 0 Å². The van der Waals surface area contributed by atoms with Gasteiger partial charge in [0, 0.05) is 13.0 Å². The number of unbranched alkanes of at least 4 members (excludes halogenated alkanes) is 15. The van der Waals surface area contributed by atoms with Crippen LogP contribution in [0.5, 0.6) is 0 Å². The number of nitrogens with zero attached hydrogens (tertiary/aromatic N) is 1. The third kappa shape index (κ3) is 13.5. The van der Waals surface area contributed by atoms with Crippen LogP contribution in [0.4, 0.5) is 0 Å². The molecule has 3 heteroatoms. The topological polar surface area (TPSA) is 7.68 Å². The first-order chi connectivity index (χ1) is 18.4. The summed E-state index contributed by atoms with van der Waals surface area (Å²) in [7, 11) is 0. The van der Waals surface area contributed by atoms with E-state index in [9.17, 15) is 0 Å². The van der Waals surface area contributed by atoms with Gasteiger partial charge in [0.2, 0.25) is 0 Å². The van der Waals surface area contributed by atoms with Gasteiger partial charge in [-0.15, -0.1) is 0 Å². The Balaban J connectivity index is 0.00000507. The maximum absolute atomic E-state index is 2.56. The zero-order chi connectivity index (χ0) is 25.8. The molecule has 0 saturated heterocycles. The lowest BCUT2D eigenvalue weighted by atomic mass is 10.0. The first kappa shape index (κ1) is 32.6. The molecule has 3 rings (SSSR count). The summed E-state index contributed by atoms with van der Waals surface area (Å²) in [6.07, 6.45) is 29.3. The summed E-state index contributed by atoms with van der Waals surface area (Å²) in [6, 6.07) is 22.0. The predicted octanol–water partition coefficient (Wildman–Crippen LogP) is 5.69. The van der Waals surface area contributed by atoms with Crippen LogP contribution in [0.3, 0.4) is 0 Å². The molecule has 0 amide bonds. The predicted molar refractivity (Wildman–Crippen MR) is 160 cm³/mol. The van der Waals surface area contributed by atoms with Crippen molar-refractivity contribution in [3.8, 4) is 0 Å². The molecule has 0 aromatic heterocycles. The smallest absolute Gasteiger partial charge is 0.171 e. The van der Waals surface area contributed by atoms with Crippen LogP contribution in [-0.4, -0.2) is 17.6 Å². The highest BCUT2D eigenvalue weighted by Gasteiger charge is 2.30. The third-order valence-electron chi connectivity index (χ3n) is 8.11. The fourth-order valence-corrected chi connectivity index (χ4v) is 5.79. The van der Waals surface area contributed by atoms with Gasteiger partial charge in [-0.25, -0.2) is 0 Å². The van der Waals surface area contributed by atoms with E-state index in [-0.39, 0.29) is 17.0 Å². The third-order valence-corrected chi connectivity index (χ3v) is 8.11. The number of halogens is 1. The van der Waals surface area contributed by atoms with Gasteiger partial charge in [-0.3, -0.25) is 4.90 Å². The van der Waals surface area contributed by atoms with Crippen molar-refractivity contribution in [1.29, 1.82) is 0 Å². The Morgan fingerprint density at radius 2 is 1.03 bits per heavy atom. The Bertz CT molecular complexity index is 822. The van der Waals surface area contributed by atoms with Gasteiger partial charge < -0.3 is 21.9 Å². The first-order valence-electron chi connectivity index (χ1n) is 15.7. The second-order valence-electron chi connectivity index (χ2n) is 11.3. The Hall–Kier alpha value is -1.58. The fourth-order valence-electron chi connectivity index (χ4n) is 5.79. The number of rotatable bonds is 21. The van der Waals surface area contributed by atoms with Crippen LogP contribution in [0.25, 0.3) is 0 Å². The van der Waals surface area contributed by atoms with E-state index in [0.29, 0.717) is 6.17 Å². The number of quaternary nitrogens is 1. The van der Waals surface area contributed by atoms with Crippen molar-refractivity contribution in [2.24, 2.45) is 0 Å². The SMILES string of the molecule is CCCCCCCCCCCCCCCCCC[NH+]1C=CN(Cc2ccccc2)C1Cc1ccccc1.[Br-]. The monoisotopic (exact) mass is 582 g/mol. The van der Waals surface area contributed by atoms with E-state index < -0.39 is 0 Å². The van der Waals surface area contributed by atoms with Crippen molar-refractivity contribution in [1.82, 2.24) is 4.90 Å². The standard InChI is InChI=1S/C35H54N2.BrH/c1-2-3-4-5-6-7-8-9-10-11-12-13-14-15-16-23-28-36-29-30-37(32-34-26-21-18-22-27-34)35(36)31-33-24-19-17-20-25-33;/h17-22,24-27,29-30,35H,2-16,23,28,31-32H2,1H3;1H. The van der Waals surface area contributed by atoms with Crippen LogP contribution in [0.2, 0.25) is 0 Å². The molecule has 0 bridgehead atoms. The second kappa shape index (κ2) is 21.3. The van der Waals surface area contributed by atoms with Gasteiger partial charge in [0.15, 0.2) is 6.17 Å². The molecule has 2 aromatic rings. The molecule has 0 aliphatic carbocycles. The van der Waals surface area contributed by atoms with E-state index in [1.165, 1.54) is 120 Å². The Morgan fingerprint density at radius 3 is 1.53 bits per heavy atom. The first-order valence-corrected chi connectivity index (χ1v) is 15.7. The Labute approximate surface area is 245 Å². The van der Waals surface area contributed by atoms with Crippen LogP contribution in [-0.2, 0) is 13.0 Å². The largest absolute Gasteiger partial charge is 1.00 e. The van der Waals surface area contributed by atoms with Crippen molar-refractivity contribution in [2.75, 3.05) is 6.54 Å². The summed E-state index contributed by atoms with van der Waals surface area (Å²) in [4.78, 5) is 4.19. The molecule has 1 aliphatic rings. The van der Waals surface area contributed by atoms with Gasteiger partial charge in [0.1, 0.15) is 6.20 Å². The van der Waals surface area contributed by atoms with Crippen LogP contribution in [0.1, 0.15) is 121 Å². The molecule has 0 saturated carbocycles.